The maximum Gasteiger partial charge on any atom is 0.0834 e. The molecule has 2 unspecified atom stereocenters. The van der Waals surface area contributed by atoms with Gasteiger partial charge in [0.25, 0.3) is 0 Å². The molecule has 1 rings (SSSR count). The van der Waals surface area contributed by atoms with E-state index in [0.717, 1.165) is 22.1 Å². The molecule has 3 nitrogen and oxygen atoms in total. The highest BCUT2D eigenvalue weighted by Crippen LogP contribution is 2.31. The molecule has 1 saturated carbocycles. The molecule has 18 heavy (non-hydrogen) atoms. The molecule has 0 bridgehead atoms. The van der Waals surface area contributed by atoms with E-state index in [9.17, 15) is 5.11 Å². The van der Waals surface area contributed by atoms with Crippen LogP contribution < -0.4 is 24.0 Å². The average molecular weight is 371 g/mol. The van der Waals surface area contributed by atoms with Crippen molar-refractivity contribution in [3.8, 4) is 0 Å². The molecule has 4 heteroatoms. The molecule has 0 amide bonds. The number of rotatable bonds is 4. The largest absolute Gasteiger partial charge is 1.00 e. The number of quaternary nitrogens is 2. The minimum Gasteiger partial charge on any atom is -1.00 e. The van der Waals surface area contributed by atoms with Gasteiger partial charge in [-0.2, -0.15) is 0 Å². The zero-order valence-electron chi connectivity index (χ0n) is 13.0. The van der Waals surface area contributed by atoms with E-state index < -0.39 is 0 Å². The van der Waals surface area contributed by atoms with Crippen LogP contribution in [0, 0.1) is 11.8 Å². The highest BCUT2D eigenvalue weighted by Gasteiger charge is 2.37. The summed E-state index contributed by atoms with van der Waals surface area (Å²) in [5.41, 5.74) is 0. The molecule has 0 heterocycles. The Bertz CT molecular complexity index is 221. The van der Waals surface area contributed by atoms with Gasteiger partial charge >= 0.3 is 0 Å². The lowest BCUT2D eigenvalue weighted by Crippen LogP contribution is -3.00. The van der Waals surface area contributed by atoms with Crippen molar-refractivity contribution in [2.75, 3.05) is 55.4 Å². The molecule has 0 saturated heterocycles. The number of halogens is 1. The molecule has 0 aromatic heterocycles. The van der Waals surface area contributed by atoms with E-state index >= 15 is 0 Å². The Morgan fingerprint density at radius 1 is 0.833 bits per heavy atom. The summed E-state index contributed by atoms with van der Waals surface area (Å²) in [6.07, 6.45) is 3.58. The van der Waals surface area contributed by atoms with Gasteiger partial charge in [-0.3, -0.25) is 0 Å². The van der Waals surface area contributed by atoms with Crippen molar-refractivity contribution < 1.29 is 38.0 Å². The molecule has 1 fully saturated rings. The van der Waals surface area contributed by atoms with E-state index in [4.69, 9.17) is 0 Å². The Morgan fingerprint density at radius 3 is 1.44 bits per heavy atom. The van der Waals surface area contributed by atoms with Gasteiger partial charge in [-0.25, -0.2) is 0 Å². The average Bonchev–Trinajstić information content (AvgIpc) is 2.07. The standard InChI is InChI=1S/C14H32N2O.HI/c1-15(2,3)10-12-8-7-9-13(14(12)17)11-16(4,5)6;/h12-14,17H,7-11H2,1-6H3;1H/q+2;/p-1. The van der Waals surface area contributed by atoms with Crippen molar-refractivity contribution >= 4 is 0 Å². The minimum absolute atomic E-state index is 0. The van der Waals surface area contributed by atoms with Crippen LogP contribution in [-0.4, -0.2) is 75.6 Å². The summed E-state index contributed by atoms with van der Waals surface area (Å²) < 4.78 is 1.91. The molecule has 0 aromatic rings. The lowest BCUT2D eigenvalue weighted by Gasteiger charge is -2.40. The molecule has 1 N–H and O–H groups in total. The molecule has 1 aliphatic carbocycles. The highest BCUT2D eigenvalue weighted by molar-refractivity contribution is 4.81. The summed E-state index contributed by atoms with van der Waals surface area (Å²) in [6.45, 7) is 2.18. The number of hydrogen-bond acceptors (Lipinski definition) is 1. The third-order valence-electron chi connectivity index (χ3n) is 3.68. The first kappa shape index (κ1) is 18.6. The molecular formula is C14H32IN2O+. The van der Waals surface area contributed by atoms with Gasteiger partial charge in [0, 0.05) is 11.8 Å². The van der Waals surface area contributed by atoms with E-state index in [1.54, 1.807) is 0 Å². The smallest absolute Gasteiger partial charge is 0.0834 e. The van der Waals surface area contributed by atoms with Crippen LogP contribution in [0.4, 0.5) is 0 Å². The van der Waals surface area contributed by atoms with E-state index in [0.29, 0.717) is 11.8 Å². The summed E-state index contributed by atoms with van der Waals surface area (Å²) in [5.74, 6) is 0.973. The summed E-state index contributed by atoms with van der Waals surface area (Å²) >= 11 is 0. The first-order chi connectivity index (χ1) is 7.58. The minimum atomic E-state index is -0.0987. The van der Waals surface area contributed by atoms with Crippen LogP contribution in [0.3, 0.4) is 0 Å². The van der Waals surface area contributed by atoms with Gasteiger partial charge in [0.05, 0.1) is 61.5 Å². The molecule has 0 aliphatic heterocycles. The van der Waals surface area contributed by atoms with Crippen molar-refractivity contribution in [3.63, 3.8) is 0 Å². The van der Waals surface area contributed by atoms with Crippen molar-refractivity contribution in [2.45, 2.75) is 25.4 Å². The molecule has 0 spiro atoms. The Hall–Kier alpha value is 0.610. The summed E-state index contributed by atoms with van der Waals surface area (Å²) in [7, 11) is 13.3. The first-order valence-corrected chi connectivity index (χ1v) is 6.87. The van der Waals surface area contributed by atoms with Gasteiger partial charge in [0.15, 0.2) is 0 Å². The Morgan fingerprint density at radius 2 is 1.17 bits per heavy atom. The monoisotopic (exact) mass is 371 g/mol. The summed E-state index contributed by atoms with van der Waals surface area (Å²) in [6, 6.07) is 0. The molecule has 1 aliphatic rings. The van der Waals surface area contributed by atoms with Crippen LogP contribution in [0.1, 0.15) is 19.3 Å². The molecule has 2 atom stereocenters. The number of aliphatic hydroxyl groups is 1. The van der Waals surface area contributed by atoms with Gasteiger partial charge in [0.2, 0.25) is 0 Å². The third-order valence-corrected chi connectivity index (χ3v) is 3.68. The summed E-state index contributed by atoms with van der Waals surface area (Å²) in [5, 5.41) is 10.5. The van der Waals surface area contributed by atoms with Crippen LogP contribution >= 0.6 is 0 Å². The summed E-state index contributed by atoms with van der Waals surface area (Å²) in [4.78, 5) is 0. The Kier molecular flexibility index (Phi) is 7.09. The predicted octanol–water partition coefficient (Wildman–Crippen LogP) is -1.82. The molecular weight excluding hydrogens is 339 g/mol. The fraction of sp³-hybridized carbons (Fsp3) is 1.00. The van der Waals surface area contributed by atoms with E-state index in [2.05, 4.69) is 42.3 Å². The van der Waals surface area contributed by atoms with Crippen molar-refractivity contribution in [2.24, 2.45) is 11.8 Å². The molecule has 0 radical (unpaired) electrons. The zero-order chi connectivity index (χ0) is 13.3. The number of aliphatic hydroxyl groups excluding tert-OH is 1. The van der Waals surface area contributed by atoms with Crippen LogP contribution in [0.5, 0.6) is 0 Å². The second-order valence-electron chi connectivity index (χ2n) is 7.89. The first-order valence-electron chi connectivity index (χ1n) is 6.87. The van der Waals surface area contributed by atoms with Crippen LogP contribution in [0.15, 0.2) is 0 Å². The Labute approximate surface area is 130 Å². The molecule has 0 aromatic carbocycles. The third kappa shape index (κ3) is 6.68. The Balaban J connectivity index is 0.00000289. The van der Waals surface area contributed by atoms with Gasteiger partial charge in [0.1, 0.15) is 0 Å². The quantitative estimate of drug-likeness (QED) is 0.456. The van der Waals surface area contributed by atoms with Crippen molar-refractivity contribution in [1.29, 1.82) is 0 Å². The topological polar surface area (TPSA) is 20.2 Å². The second-order valence-corrected chi connectivity index (χ2v) is 7.89. The van der Waals surface area contributed by atoms with Gasteiger partial charge in [-0.1, -0.05) is 6.42 Å². The lowest BCUT2D eigenvalue weighted by molar-refractivity contribution is -0.878. The maximum absolute atomic E-state index is 10.5. The SMILES string of the molecule is C[N+](C)(C)CC1CCCC(C[N+](C)(C)C)C1O.[I-]. The fourth-order valence-electron chi connectivity index (χ4n) is 3.17. The van der Waals surface area contributed by atoms with Crippen LogP contribution in [-0.2, 0) is 0 Å². The van der Waals surface area contributed by atoms with Crippen LogP contribution in [0.2, 0.25) is 0 Å². The molecule has 110 valence electrons. The van der Waals surface area contributed by atoms with E-state index in [1.165, 1.54) is 19.3 Å². The van der Waals surface area contributed by atoms with E-state index in [1.807, 2.05) is 0 Å². The number of nitrogens with zero attached hydrogens (tertiary/aromatic N) is 2. The lowest BCUT2D eigenvalue weighted by atomic mass is 9.78. The van der Waals surface area contributed by atoms with Crippen LogP contribution in [0.25, 0.3) is 0 Å². The zero-order valence-corrected chi connectivity index (χ0v) is 15.1. The maximum atomic E-state index is 10.5. The van der Waals surface area contributed by atoms with Crippen molar-refractivity contribution in [1.82, 2.24) is 0 Å². The van der Waals surface area contributed by atoms with Gasteiger partial charge in [-0.05, 0) is 12.8 Å². The second kappa shape index (κ2) is 6.86. The predicted molar refractivity (Wildman–Crippen MR) is 72.6 cm³/mol. The number of hydrogen-bond donors (Lipinski definition) is 1. The highest BCUT2D eigenvalue weighted by atomic mass is 127. The van der Waals surface area contributed by atoms with Gasteiger partial charge < -0.3 is 38.0 Å². The van der Waals surface area contributed by atoms with Gasteiger partial charge in [-0.15, -0.1) is 0 Å². The van der Waals surface area contributed by atoms with E-state index in [-0.39, 0.29) is 30.1 Å². The normalized spacial score (nSPS) is 29.8. The fourth-order valence-corrected chi connectivity index (χ4v) is 3.17. The van der Waals surface area contributed by atoms with Crippen molar-refractivity contribution in [3.05, 3.63) is 0 Å².